The summed E-state index contributed by atoms with van der Waals surface area (Å²) in [5.41, 5.74) is 4.12. The van der Waals surface area contributed by atoms with Crippen LogP contribution in [0.5, 0.6) is 0 Å². The number of rotatable bonds is 4. The Morgan fingerprint density at radius 2 is 1.79 bits per heavy atom. The summed E-state index contributed by atoms with van der Waals surface area (Å²) >= 11 is 0. The molecule has 0 bridgehead atoms. The number of aromatic amines is 2. The quantitative estimate of drug-likeness (QED) is 0.485. The molecule has 4 aromatic rings. The van der Waals surface area contributed by atoms with E-state index in [4.69, 9.17) is 0 Å². The first kappa shape index (κ1) is 18.1. The fourth-order valence-corrected chi connectivity index (χ4v) is 5.71. The number of hydrogen-bond acceptors (Lipinski definition) is 4. The van der Waals surface area contributed by atoms with Crippen molar-refractivity contribution < 1.29 is 8.42 Å². The van der Waals surface area contributed by atoms with Crippen molar-refractivity contribution in [3.63, 3.8) is 0 Å². The predicted molar refractivity (Wildman–Crippen MR) is 116 cm³/mol. The van der Waals surface area contributed by atoms with E-state index in [0.29, 0.717) is 18.5 Å². The summed E-state index contributed by atoms with van der Waals surface area (Å²) in [6, 6.07) is 17.7. The van der Waals surface area contributed by atoms with Crippen LogP contribution in [0.4, 0.5) is 0 Å². The van der Waals surface area contributed by atoms with Gasteiger partial charge in [-0.15, -0.1) is 0 Å². The molecule has 1 fully saturated rings. The predicted octanol–water partition coefficient (Wildman–Crippen LogP) is 2.95. The minimum Gasteiger partial charge on any atom is -0.354 e. The molecule has 0 amide bonds. The van der Waals surface area contributed by atoms with Gasteiger partial charge in [-0.05, 0) is 47.7 Å². The second-order valence-corrected chi connectivity index (χ2v) is 9.91. The van der Waals surface area contributed by atoms with Crippen molar-refractivity contribution in [2.75, 3.05) is 11.5 Å². The van der Waals surface area contributed by atoms with Crippen molar-refractivity contribution in [1.29, 1.82) is 0 Å². The standard InChI is InChI=1S/C22H21N3O3S/c26-22-18(10-15-3-1-2-4-19(15)25-22)21-11-16-9-14(5-6-20(16)24-21)12-23-17-7-8-29(27,28)13-17/h1-6,9-11,17,23-24H,7-8,12-13H2,(H,25,26). The summed E-state index contributed by atoms with van der Waals surface area (Å²) in [7, 11) is -2.88. The van der Waals surface area contributed by atoms with Crippen molar-refractivity contribution in [2.24, 2.45) is 0 Å². The van der Waals surface area contributed by atoms with Gasteiger partial charge in [0.2, 0.25) is 0 Å². The molecule has 1 atom stereocenters. The highest BCUT2D eigenvalue weighted by Gasteiger charge is 2.27. The lowest BCUT2D eigenvalue weighted by Crippen LogP contribution is -2.29. The third kappa shape index (κ3) is 3.59. The molecule has 29 heavy (non-hydrogen) atoms. The molecule has 5 rings (SSSR count). The van der Waals surface area contributed by atoms with Crippen LogP contribution in [0.1, 0.15) is 12.0 Å². The van der Waals surface area contributed by atoms with Gasteiger partial charge < -0.3 is 15.3 Å². The number of para-hydroxylation sites is 1. The summed E-state index contributed by atoms with van der Waals surface area (Å²) in [5, 5.41) is 5.34. The lowest BCUT2D eigenvalue weighted by Gasteiger charge is -2.10. The molecule has 6 nitrogen and oxygen atoms in total. The zero-order chi connectivity index (χ0) is 20.0. The number of pyridine rings is 1. The first-order chi connectivity index (χ1) is 14.0. The minimum atomic E-state index is -2.88. The summed E-state index contributed by atoms with van der Waals surface area (Å²) in [6.45, 7) is 0.618. The normalized spacial score (nSPS) is 18.6. The highest BCUT2D eigenvalue weighted by Crippen LogP contribution is 2.25. The molecular formula is C22H21N3O3S. The third-order valence-corrected chi connectivity index (χ3v) is 7.32. The van der Waals surface area contributed by atoms with Crippen molar-refractivity contribution in [3.8, 4) is 11.3 Å². The van der Waals surface area contributed by atoms with Crippen molar-refractivity contribution >= 4 is 31.6 Å². The van der Waals surface area contributed by atoms with Gasteiger partial charge in [-0.3, -0.25) is 4.79 Å². The van der Waals surface area contributed by atoms with Gasteiger partial charge in [0.1, 0.15) is 0 Å². The second kappa shape index (κ2) is 6.86. The zero-order valence-electron chi connectivity index (χ0n) is 15.7. The summed E-state index contributed by atoms with van der Waals surface area (Å²) in [5.74, 6) is 0.486. The Morgan fingerprint density at radius 1 is 0.966 bits per heavy atom. The smallest absolute Gasteiger partial charge is 0.257 e. The van der Waals surface area contributed by atoms with E-state index in [-0.39, 0.29) is 23.1 Å². The number of nitrogens with one attached hydrogen (secondary N) is 3. The van der Waals surface area contributed by atoms with Crippen LogP contribution in [0.25, 0.3) is 33.1 Å². The van der Waals surface area contributed by atoms with Crippen molar-refractivity contribution in [3.05, 3.63) is 70.5 Å². The van der Waals surface area contributed by atoms with Gasteiger partial charge in [-0.2, -0.15) is 0 Å². The number of H-pyrrole nitrogens is 2. The number of aromatic nitrogens is 2. The first-order valence-corrected chi connectivity index (χ1v) is 11.5. The van der Waals surface area contributed by atoms with E-state index < -0.39 is 9.84 Å². The molecule has 0 spiro atoms. The zero-order valence-corrected chi connectivity index (χ0v) is 16.6. The van der Waals surface area contributed by atoms with Crippen LogP contribution < -0.4 is 10.9 Å². The Kier molecular flexibility index (Phi) is 4.29. The summed E-state index contributed by atoms with van der Waals surface area (Å²) in [4.78, 5) is 18.8. The van der Waals surface area contributed by atoms with Crippen LogP contribution >= 0.6 is 0 Å². The maximum Gasteiger partial charge on any atom is 0.257 e. The van der Waals surface area contributed by atoms with E-state index in [0.717, 1.165) is 33.1 Å². The van der Waals surface area contributed by atoms with Gasteiger partial charge in [0, 0.05) is 29.0 Å². The minimum absolute atomic E-state index is 0.0219. The lowest BCUT2D eigenvalue weighted by atomic mass is 10.1. The molecule has 148 valence electrons. The van der Waals surface area contributed by atoms with Gasteiger partial charge in [0.05, 0.1) is 22.8 Å². The molecule has 1 aliphatic heterocycles. The Balaban J connectivity index is 1.42. The number of fused-ring (bicyclic) bond motifs is 2. The Morgan fingerprint density at radius 3 is 2.62 bits per heavy atom. The average Bonchev–Trinajstić information content (AvgIpc) is 3.27. The first-order valence-electron chi connectivity index (χ1n) is 9.65. The number of benzene rings is 2. The van der Waals surface area contributed by atoms with Gasteiger partial charge in [0.15, 0.2) is 9.84 Å². The molecular weight excluding hydrogens is 386 g/mol. The molecule has 1 unspecified atom stereocenters. The van der Waals surface area contributed by atoms with Gasteiger partial charge >= 0.3 is 0 Å². The van der Waals surface area contributed by atoms with E-state index in [1.807, 2.05) is 48.5 Å². The van der Waals surface area contributed by atoms with Crippen LogP contribution in [0.2, 0.25) is 0 Å². The van der Waals surface area contributed by atoms with Crippen molar-refractivity contribution in [1.82, 2.24) is 15.3 Å². The molecule has 7 heteroatoms. The highest BCUT2D eigenvalue weighted by molar-refractivity contribution is 7.91. The molecule has 1 aliphatic rings. The van der Waals surface area contributed by atoms with E-state index >= 15 is 0 Å². The van der Waals surface area contributed by atoms with Crippen LogP contribution in [-0.4, -0.2) is 35.9 Å². The van der Waals surface area contributed by atoms with Gasteiger partial charge in [-0.25, -0.2) is 8.42 Å². The van der Waals surface area contributed by atoms with Crippen LogP contribution in [0, 0.1) is 0 Å². The molecule has 3 N–H and O–H groups in total. The fraction of sp³-hybridized carbons (Fsp3) is 0.227. The summed E-state index contributed by atoms with van der Waals surface area (Å²) < 4.78 is 23.2. The van der Waals surface area contributed by atoms with Crippen LogP contribution in [0.15, 0.2) is 59.4 Å². The molecule has 0 radical (unpaired) electrons. The lowest BCUT2D eigenvalue weighted by molar-refractivity contribution is 0.554. The molecule has 0 saturated carbocycles. The largest absolute Gasteiger partial charge is 0.354 e. The molecule has 2 aromatic carbocycles. The molecule has 2 aromatic heterocycles. The highest BCUT2D eigenvalue weighted by atomic mass is 32.2. The average molecular weight is 407 g/mol. The Bertz CT molecular complexity index is 1390. The molecule has 3 heterocycles. The third-order valence-electron chi connectivity index (χ3n) is 5.56. The topological polar surface area (TPSA) is 94.8 Å². The van der Waals surface area contributed by atoms with E-state index in [9.17, 15) is 13.2 Å². The van der Waals surface area contributed by atoms with Crippen LogP contribution in [0.3, 0.4) is 0 Å². The van der Waals surface area contributed by atoms with Gasteiger partial charge in [0.25, 0.3) is 5.56 Å². The van der Waals surface area contributed by atoms with E-state index in [1.165, 1.54) is 0 Å². The Hall–Kier alpha value is -2.90. The fourth-order valence-electron chi connectivity index (χ4n) is 4.00. The molecule has 0 aliphatic carbocycles. The maximum absolute atomic E-state index is 12.5. The SMILES string of the molecule is O=c1[nH]c2ccccc2cc1-c1cc2cc(CNC3CCS(=O)(=O)C3)ccc2[nH]1. The van der Waals surface area contributed by atoms with Crippen molar-refractivity contribution in [2.45, 2.75) is 19.0 Å². The number of hydrogen-bond donors (Lipinski definition) is 3. The monoisotopic (exact) mass is 407 g/mol. The van der Waals surface area contributed by atoms with E-state index in [1.54, 1.807) is 0 Å². The summed E-state index contributed by atoms with van der Waals surface area (Å²) in [6.07, 6.45) is 0.670. The second-order valence-electron chi connectivity index (χ2n) is 7.68. The van der Waals surface area contributed by atoms with Gasteiger partial charge in [-0.1, -0.05) is 24.3 Å². The van der Waals surface area contributed by atoms with E-state index in [2.05, 4.69) is 21.4 Å². The number of sulfone groups is 1. The maximum atomic E-state index is 12.5. The van der Waals surface area contributed by atoms with Crippen LogP contribution in [-0.2, 0) is 16.4 Å². The Labute approximate surface area is 167 Å². The molecule has 1 saturated heterocycles.